The summed E-state index contributed by atoms with van der Waals surface area (Å²) in [7, 11) is 0. The van der Waals surface area contributed by atoms with Crippen LogP contribution in [0, 0.1) is 0 Å². The van der Waals surface area contributed by atoms with E-state index in [1.54, 1.807) is 4.68 Å². The lowest BCUT2D eigenvalue weighted by atomic mass is 10.0. The van der Waals surface area contributed by atoms with E-state index < -0.39 is 0 Å². The van der Waals surface area contributed by atoms with Crippen molar-refractivity contribution in [1.82, 2.24) is 14.8 Å². The van der Waals surface area contributed by atoms with E-state index in [4.69, 9.17) is 0 Å². The first-order chi connectivity index (χ1) is 13.2. The van der Waals surface area contributed by atoms with E-state index in [0.717, 1.165) is 16.9 Å². The first-order valence-corrected chi connectivity index (χ1v) is 8.69. The molecule has 0 fully saturated rings. The molecule has 0 saturated heterocycles. The molecule has 1 aliphatic rings. The number of fused-ring (bicyclic) bond motifs is 1. The zero-order valence-electron chi connectivity index (χ0n) is 14.8. The van der Waals surface area contributed by atoms with E-state index in [9.17, 15) is 4.79 Å². The van der Waals surface area contributed by atoms with Crippen LogP contribution in [0.25, 0.3) is 6.08 Å². The highest BCUT2D eigenvalue weighted by Gasteiger charge is 2.30. The maximum atomic E-state index is 13.0. The molecule has 0 radical (unpaired) electrons. The molecule has 1 unspecified atom stereocenters. The average molecular weight is 357 g/mol. The van der Waals surface area contributed by atoms with E-state index in [-0.39, 0.29) is 11.9 Å². The van der Waals surface area contributed by atoms with Gasteiger partial charge in [-0.25, -0.2) is 4.68 Å². The van der Waals surface area contributed by atoms with Crippen LogP contribution >= 0.6 is 0 Å². The van der Waals surface area contributed by atoms with Crippen molar-refractivity contribution >= 4 is 23.6 Å². The third kappa shape index (κ3) is 3.50. The smallest absolute Gasteiger partial charge is 0.255 e. The summed E-state index contributed by atoms with van der Waals surface area (Å²) in [5.74, 6) is 0.446. The summed E-state index contributed by atoms with van der Waals surface area (Å²) in [6, 6.07) is 19.0. The maximum absolute atomic E-state index is 13.0. The summed E-state index contributed by atoms with van der Waals surface area (Å²) in [5.41, 5.74) is 3.16. The Hall–Kier alpha value is -3.67. The van der Waals surface area contributed by atoms with Gasteiger partial charge in [0.25, 0.3) is 5.91 Å². The van der Waals surface area contributed by atoms with Crippen LogP contribution in [-0.2, 0) is 4.79 Å². The first kappa shape index (κ1) is 16.8. The van der Waals surface area contributed by atoms with Crippen molar-refractivity contribution in [2.75, 3.05) is 10.6 Å². The van der Waals surface area contributed by atoms with E-state index in [1.165, 1.54) is 6.33 Å². The zero-order chi connectivity index (χ0) is 18.6. The number of nitrogens with one attached hydrogen (secondary N) is 2. The highest BCUT2D eigenvalue weighted by molar-refractivity contribution is 6.05. The second-order valence-corrected chi connectivity index (χ2v) is 6.23. The van der Waals surface area contributed by atoms with Gasteiger partial charge in [0.05, 0.1) is 5.57 Å². The normalized spacial score (nSPS) is 16.1. The highest BCUT2D eigenvalue weighted by atomic mass is 16.1. The van der Waals surface area contributed by atoms with Crippen LogP contribution < -0.4 is 10.6 Å². The van der Waals surface area contributed by atoms with Crippen LogP contribution in [0.5, 0.6) is 0 Å². The number of rotatable bonds is 4. The molecule has 2 aromatic carbocycles. The molecule has 2 N–H and O–H groups in total. The van der Waals surface area contributed by atoms with E-state index in [1.807, 2.05) is 79.7 Å². The van der Waals surface area contributed by atoms with Crippen LogP contribution in [-0.4, -0.2) is 20.7 Å². The van der Waals surface area contributed by atoms with Crippen LogP contribution in [0.2, 0.25) is 0 Å². The van der Waals surface area contributed by atoms with Crippen LogP contribution in [0.4, 0.5) is 11.6 Å². The molecular weight excluding hydrogens is 338 g/mol. The molecule has 0 aliphatic carbocycles. The van der Waals surface area contributed by atoms with Crippen molar-refractivity contribution in [3.63, 3.8) is 0 Å². The Balaban J connectivity index is 1.68. The molecule has 134 valence electrons. The van der Waals surface area contributed by atoms with Crippen LogP contribution in [0.1, 0.15) is 18.5 Å². The van der Waals surface area contributed by atoms with Crippen molar-refractivity contribution in [3.8, 4) is 0 Å². The molecule has 1 aromatic heterocycles. The molecule has 6 nitrogen and oxygen atoms in total. The minimum atomic E-state index is -0.354. The van der Waals surface area contributed by atoms with E-state index >= 15 is 0 Å². The lowest BCUT2D eigenvalue weighted by molar-refractivity contribution is -0.113. The summed E-state index contributed by atoms with van der Waals surface area (Å²) in [4.78, 5) is 17.3. The second-order valence-electron chi connectivity index (χ2n) is 6.23. The molecule has 3 aromatic rings. The van der Waals surface area contributed by atoms with Gasteiger partial charge in [0.15, 0.2) is 0 Å². The molecule has 1 atom stereocenters. The lowest BCUT2D eigenvalue weighted by Gasteiger charge is -2.26. The highest BCUT2D eigenvalue weighted by Crippen LogP contribution is 2.31. The average Bonchev–Trinajstić information content (AvgIpc) is 3.15. The first-order valence-electron chi connectivity index (χ1n) is 8.69. The second kappa shape index (κ2) is 7.29. The Morgan fingerprint density at radius 2 is 1.81 bits per heavy atom. The number of aromatic nitrogens is 3. The Bertz CT molecular complexity index is 1010. The zero-order valence-corrected chi connectivity index (χ0v) is 14.8. The molecule has 0 saturated carbocycles. The van der Waals surface area contributed by atoms with Gasteiger partial charge in [0.2, 0.25) is 5.95 Å². The summed E-state index contributed by atoms with van der Waals surface area (Å²) in [6.07, 6.45) is 5.44. The largest absolute Gasteiger partial charge is 0.328 e. The van der Waals surface area contributed by atoms with Crippen LogP contribution in [0.15, 0.2) is 84.3 Å². The molecule has 2 heterocycles. The van der Waals surface area contributed by atoms with Crippen LogP contribution in [0.3, 0.4) is 0 Å². The third-order valence-corrected chi connectivity index (χ3v) is 4.38. The molecule has 1 aliphatic heterocycles. The predicted molar refractivity (Wildman–Crippen MR) is 106 cm³/mol. The van der Waals surface area contributed by atoms with Crippen molar-refractivity contribution in [3.05, 3.63) is 89.9 Å². The van der Waals surface area contributed by atoms with Gasteiger partial charge < -0.3 is 10.6 Å². The Morgan fingerprint density at radius 3 is 2.56 bits per heavy atom. The number of anilines is 2. The molecule has 0 spiro atoms. The number of nitrogens with zero attached hydrogens (tertiary/aromatic N) is 3. The number of allylic oxidation sites excluding steroid dienone is 2. The molecule has 6 heteroatoms. The summed E-state index contributed by atoms with van der Waals surface area (Å²) >= 11 is 0. The van der Waals surface area contributed by atoms with Crippen molar-refractivity contribution in [2.24, 2.45) is 0 Å². The Kier molecular flexibility index (Phi) is 4.53. The fourth-order valence-corrected chi connectivity index (χ4v) is 3.09. The Labute approximate surface area is 157 Å². The fraction of sp³-hybridized carbons (Fsp3) is 0.0952. The molecule has 1 amide bonds. The monoisotopic (exact) mass is 357 g/mol. The topological polar surface area (TPSA) is 71.8 Å². The molecule has 0 bridgehead atoms. The van der Waals surface area contributed by atoms with Gasteiger partial charge in [-0.3, -0.25) is 4.79 Å². The predicted octanol–water partition coefficient (Wildman–Crippen LogP) is 3.87. The van der Waals surface area contributed by atoms with Crippen molar-refractivity contribution in [2.45, 2.75) is 13.0 Å². The number of para-hydroxylation sites is 1. The van der Waals surface area contributed by atoms with E-state index in [0.29, 0.717) is 11.5 Å². The minimum absolute atomic E-state index is 0.171. The summed E-state index contributed by atoms with van der Waals surface area (Å²) in [5, 5.41) is 10.4. The molecule has 4 rings (SSSR count). The number of benzene rings is 2. The molecule has 27 heavy (non-hydrogen) atoms. The van der Waals surface area contributed by atoms with Gasteiger partial charge in [-0.1, -0.05) is 60.7 Å². The van der Waals surface area contributed by atoms with Gasteiger partial charge >= 0.3 is 0 Å². The van der Waals surface area contributed by atoms with Crippen molar-refractivity contribution < 1.29 is 4.79 Å². The number of hydrogen-bond donors (Lipinski definition) is 2. The van der Waals surface area contributed by atoms with Gasteiger partial charge in [-0.2, -0.15) is 10.1 Å². The number of amides is 1. The SMILES string of the molecule is CC1=C(C(=O)Nc2ccccc2)C(C=Cc2ccccc2)n2ncnc2N1. The number of hydrogen-bond acceptors (Lipinski definition) is 4. The quantitative estimate of drug-likeness (QED) is 0.743. The van der Waals surface area contributed by atoms with Gasteiger partial charge in [0, 0.05) is 11.4 Å². The third-order valence-electron chi connectivity index (χ3n) is 4.38. The lowest BCUT2D eigenvalue weighted by Crippen LogP contribution is -2.30. The maximum Gasteiger partial charge on any atom is 0.255 e. The van der Waals surface area contributed by atoms with Gasteiger partial charge in [-0.15, -0.1) is 0 Å². The van der Waals surface area contributed by atoms with Crippen molar-refractivity contribution in [1.29, 1.82) is 0 Å². The number of carbonyl (C=O) groups is 1. The standard InChI is InChI=1S/C21H19N5O/c1-15-19(20(27)25-17-10-6-3-7-11-17)18(26-21(24-15)22-14-23-26)13-12-16-8-4-2-5-9-16/h2-14,18H,1H3,(H,25,27)(H,22,23,24). The number of carbonyl (C=O) groups excluding carboxylic acids is 1. The van der Waals surface area contributed by atoms with Gasteiger partial charge in [-0.05, 0) is 24.6 Å². The molecular formula is C21H19N5O. The van der Waals surface area contributed by atoms with E-state index in [2.05, 4.69) is 20.7 Å². The Morgan fingerprint density at radius 1 is 1.11 bits per heavy atom. The summed E-state index contributed by atoms with van der Waals surface area (Å²) < 4.78 is 1.71. The fourth-order valence-electron chi connectivity index (χ4n) is 3.09. The van der Waals surface area contributed by atoms with Gasteiger partial charge in [0.1, 0.15) is 12.4 Å². The minimum Gasteiger partial charge on any atom is -0.328 e. The summed E-state index contributed by atoms with van der Waals surface area (Å²) in [6.45, 7) is 1.88.